The van der Waals surface area contributed by atoms with Crippen LogP contribution < -0.4 is 14.5 Å². The number of hydrogen-bond donors (Lipinski definition) is 0. The Kier molecular flexibility index (Phi) is 8.42. The summed E-state index contributed by atoms with van der Waals surface area (Å²) in [4.78, 5) is 34.0. The molecule has 1 saturated carbocycles. The quantitative estimate of drug-likeness (QED) is 0.244. The fraction of sp³-hybridized carbons (Fsp3) is 0.471. The number of fused-ring (bicyclic) bond motifs is 4. The highest BCUT2D eigenvalue weighted by Gasteiger charge is 2.38. The predicted octanol–water partition coefficient (Wildman–Crippen LogP) is 5.27. The molecule has 9 nitrogen and oxygen atoms in total. The molecule has 46 heavy (non-hydrogen) atoms. The van der Waals surface area contributed by atoms with E-state index in [1.54, 1.807) is 6.07 Å². The van der Waals surface area contributed by atoms with Crippen molar-refractivity contribution in [2.45, 2.75) is 44.3 Å². The van der Waals surface area contributed by atoms with Crippen LogP contribution >= 0.6 is 11.6 Å². The number of aromatic nitrogens is 2. The standard InChI is InChI=1S/C34H36ClF2N7O2/c1-21(36)33(45)44-13-12-43(19-25(44)17-38-2)32-26-10-11-42(29-5-3-4-23-7-9-27(37)31(35)30(23)29)20-28(26)39-34(40-32)46-15-14-41-18-22-6-8-24(41)16-22/h3-5,7,9,22,24-25H,1,6,8,10-20H2/t22-,24+,25-/m0/s1. The number of amides is 1. The summed E-state index contributed by atoms with van der Waals surface area (Å²) in [5.41, 5.74) is 2.60. The molecule has 3 atom stereocenters. The van der Waals surface area contributed by atoms with Crippen molar-refractivity contribution < 1.29 is 18.3 Å². The van der Waals surface area contributed by atoms with Crippen LogP contribution in [0.4, 0.5) is 20.3 Å². The maximum absolute atomic E-state index is 14.6. The van der Waals surface area contributed by atoms with E-state index < -0.39 is 23.6 Å². The van der Waals surface area contributed by atoms with Crippen LogP contribution in [0.2, 0.25) is 5.02 Å². The van der Waals surface area contributed by atoms with E-state index >= 15 is 0 Å². The molecule has 0 N–H and O–H groups in total. The van der Waals surface area contributed by atoms with Gasteiger partial charge in [-0.05, 0) is 49.1 Å². The Morgan fingerprint density at radius 2 is 2.00 bits per heavy atom. The lowest BCUT2D eigenvalue weighted by Gasteiger charge is -2.41. The number of piperazine rings is 1. The van der Waals surface area contributed by atoms with Crippen molar-refractivity contribution in [2.75, 3.05) is 62.2 Å². The molecule has 1 aromatic heterocycles. The van der Waals surface area contributed by atoms with Gasteiger partial charge in [0.25, 0.3) is 5.91 Å². The van der Waals surface area contributed by atoms with Crippen LogP contribution in [0.1, 0.15) is 30.5 Å². The maximum atomic E-state index is 14.6. The Morgan fingerprint density at radius 1 is 1.13 bits per heavy atom. The average molecular weight is 648 g/mol. The zero-order valence-electron chi connectivity index (χ0n) is 25.6. The third-order valence-corrected chi connectivity index (χ3v) is 10.4. The smallest absolute Gasteiger partial charge is 0.318 e. The van der Waals surface area contributed by atoms with Crippen molar-refractivity contribution in [3.63, 3.8) is 0 Å². The van der Waals surface area contributed by atoms with Gasteiger partial charge >= 0.3 is 6.01 Å². The van der Waals surface area contributed by atoms with Crippen molar-refractivity contribution in [1.82, 2.24) is 19.8 Å². The molecule has 3 fully saturated rings. The fourth-order valence-electron chi connectivity index (χ4n) is 7.76. The fourth-order valence-corrected chi connectivity index (χ4v) is 8.03. The Bertz CT molecular complexity index is 1730. The van der Waals surface area contributed by atoms with E-state index in [1.165, 1.54) is 30.2 Å². The molecule has 0 unspecified atom stereocenters. The molecule has 7 rings (SSSR count). The first-order valence-corrected chi connectivity index (χ1v) is 16.3. The number of carbonyl (C=O) groups excluding carboxylic acids is 1. The van der Waals surface area contributed by atoms with E-state index in [1.807, 2.05) is 18.2 Å². The molecule has 0 spiro atoms. The first-order valence-electron chi connectivity index (χ1n) is 15.9. The number of piperidine rings is 1. The molecular weight excluding hydrogens is 612 g/mol. The number of halogens is 3. The van der Waals surface area contributed by atoms with Gasteiger partial charge in [0, 0.05) is 61.9 Å². The van der Waals surface area contributed by atoms with E-state index in [2.05, 4.69) is 26.1 Å². The summed E-state index contributed by atoms with van der Waals surface area (Å²) in [5.74, 6) is -0.768. The number of likely N-dealkylation sites (tertiary alicyclic amines) is 1. The Hall–Kier alpha value is -4.01. The number of hydrogen-bond acceptors (Lipinski definition) is 7. The molecule has 4 heterocycles. The number of ether oxygens (including phenoxy) is 1. The van der Waals surface area contributed by atoms with Gasteiger partial charge in [-0.15, -0.1) is 0 Å². The average Bonchev–Trinajstić information content (AvgIpc) is 3.69. The summed E-state index contributed by atoms with van der Waals surface area (Å²) in [6.07, 6.45) is 4.45. The molecule has 12 heteroatoms. The summed E-state index contributed by atoms with van der Waals surface area (Å²) in [5, 5.41) is 1.61. The molecule has 1 aliphatic carbocycles. The van der Waals surface area contributed by atoms with Gasteiger partial charge in [0.05, 0.1) is 17.3 Å². The lowest BCUT2D eigenvalue weighted by molar-refractivity contribution is -0.131. The van der Waals surface area contributed by atoms with Crippen molar-refractivity contribution >= 4 is 39.8 Å². The summed E-state index contributed by atoms with van der Waals surface area (Å²) in [7, 11) is 0. The van der Waals surface area contributed by atoms with Crippen LogP contribution in [0.3, 0.4) is 0 Å². The van der Waals surface area contributed by atoms with Gasteiger partial charge in [-0.2, -0.15) is 9.97 Å². The topological polar surface area (TPSA) is 69.4 Å². The first-order chi connectivity index (χ1) is 22.3. The number of carbonyl (C=O) groups is 1. The Morgan fingerprint density at radius 3 is 2.76 bits per heavy atom. The van der Waals surface area contributed by atoms with Crippen LogP contribution in [-0.4, -0.2) is 90.2 Å². The summed E-state index contributed by atoms with van der Waals surface area (Å²) in [6.45, 7) is 15.1. The van der Waals surface area contributed by atoms with Gasteiger partial charge in [0.15, 0.2) is 5.83 Å². The zero-order chi connectivity index (χ0) is 31.9. The highest BCUT2D eigenvalue weighted by Crippen LogP contribution is 2.39. The van der Waals surface area contributed by atoms with Crippen LogP contribution in [0.15, 0.2) is 42.7 Å². The SMILES string of the molecule is [C-]#[N+]C[C@H]1CN(c2nc(OCCN3C[C@H]4CC[C@@H]3C4)nc3c2CCN(c2cccc4ccc(F)c(Cl)c24)C3)CCN1C(=O)C(=C)F. The van der Waals surface area contributed by atoms with E-state index in [9.17, 15) is 13.6 Å². The van der Waals surface area contributed by atoms with Crippen molar-refractivity contribution in [1.29, 1.82) is 0 Å². The highest BCUT2D eigenvalue weighted by molar-refractivity contribution is 6.36. The Balaban J connectivity index is 1.19. The van der Waals surface area contributed by atoms with Crippen LogP contribution in [-0.2, 0) is 17.8 Å². The summed E-state index contributed by atoms with van der Waals surface area (Å²) < 4.78 is 34.6. The Labute approximate surface area is 272 Å². The second kappa shape index (κ2) is 12.6. The van der Waals surface area contributed by atoms with Crippen molar-refractivity contribution in [3.05, 3.63) is 76.3 Å². The molecule has 3 aromatic rings. The van der Waals surface area contributed by atoms with Crippen molar-refractivity contribution in [2.24, 2.45) is 5.92 Å². The van der Waals surface area contributed by atoms with Crippen LogP contribution in [0.25, 0.3) is 15.6 Å². The van der Waals surface area contributed by atoms with Crippen LogP contribution in [0.5, 0.6) is 6.01 Å². The number of nitrogens with zero attached hydrogens (tertiary/aromatic N) is 7. The minimum atomic E-state index is -1.03. The largest absolute Gasteiger partial charge is 0.462 e. The summed E-state index contributed by atoms with van der Waals surface area (Å²) >= 11 is 6.49. The molecule has 240 valence electrons. The zero-order valence-corrected chi connectivity index (χ0v) is 26.4. The molecule has 0 radical (unpaired) electrons. The second-order valence-electron chi connectivity index (χ2n) is 12.7. The van der Waals surface area contributed by atoms with Gasteiger partial charge in [0.2, 0.25) is 6.54 Å². The maximum Gasteiger partial charge on any atom is 0.318 e. The van der Waals surface area contributed by atoms with E-state index in [0.29, 0.717) is 56.5 Å². The van der Waals surface area contributed by atoms with Gasteiger partial charge in [0.1, 0.15) is 24.3 Å². The molecule has 2 aromatic carbocycles. The molecule has 3 aliphatic heterocycles. The van der Waals surface area contributed by atoms with Gasteiger partial charge < -0.3 is 24.3 Å². The minimum absolute atomic E-state index is 0.0380. The van der Waals surface area contributed by atoms with E-state index in [-0.39, 0.29) is 24.1 Å². The minimum Gasteiger partial charge on any atom is -0.462 e. The monoisotopic (exact) mass is 647 g/mol. The van der Waals surface area contributed by atoms with E-state index in [0.717, 1.165) is 41.3 Å². The number of benzene rings is 2. The second-order valence-corrected chi connectivity index (χ2v) is 13.1. The van der Waals surface area contributed by atoms with Gasteiger partial charge in [-0.1, -0.05) is 36.4 Å². The lowest BCUT2D eigenvalue weighted by Crippen LogP contribution is -2.57. The number of anilines is 2. The molecular formula is C34H36ClF2N7O2. The molecule has 1 amide bonds. The van der Waals surface area contributed by atoms with Gasteiger partial charge in [-0.25, -0.2) is 15.4 Å². The lowest BCUT2D eigenvalue weighted by atomic mass is 10.0. The first kappa shape index (κ1) is 30.6. The third kappa shape index (κ3) is 5.73. The molecule has 2 saturated heterocycles. The predicted molar refractivity (Wildman–Crippen MR) is 173 cm³/mol. The van der Waals surface area contributed by atoms with E-state index in [4.69, 9.17) is 32.9 Å². The normalized spacial score (nSPS) is 22.7. The number of rotatable bonds is 8. The third-order valence-electron chi connectivity index (χ3n) is 9.99. The van der Waals surface area contributed by atoms with Crippen LogP contribution in [0, 0.1) is 18.3 Å². The van der Waals surface area contributed by atoms with Crippen molar-refractivity contribution in [3.8, 4) is 6.01 Å². The molecule has 4 aliphatic rings. The van der Waals surface area contributed by atoms with Gasteiger partial charge in [-0.3, -0.25) is 9.69 Å². The summed E-state index contributed by atoms with van der Waals surface area (Å²) in [6, 6.07) is 9.33. The molecule has 2 bridgehead atoms. The highest BCUT2D eigenvalue weighted by atomic mass is 35.5.